The smallest absolute Gasteiger partial charge is 0.245 e. The topological polar surface area (TPSA) is 58.6 Å². The van der Waals surface area contributed by atoms with Gasteiger partial charge in [-0.25, -0.2) is 0 Å². The lowest BCUT2D eigenvalue weighted by atomic mass is 9.98. The molecule has 0 aromatic heterocycles. The lowest BCUT2D eigenvalue weighted by Gasteiger charge is -2.31. The Kier molecular flexibility index (Phi) is 7.44. The molecule has 138 valence electrons. The van der Waals surface area contributed by atoms with E-state index in [1.165, 1.54) is 0 Å². The van der Waals surface area contributed by atoms with Gasteiger partial charge >= 0.3 is 0 Å². The number of benzene rings is 1. The summed E-state index contributed by atoms with van der Waals surface area (Å²) in [6, 6.07) is 9.51. The summed E-state index contributed by atoms with van der Waals surface area (Å²) in [5, 5.41) is 2.99. The monoisotopic (exact) mass is 346 g/mol. The molecule has 1 aliphatic rings. The molecule has 2 rings (SSSR count). The van der Waals surface area contributed by atoms with Crippen LogP contribution < -0.4 is 5.32 Å². The van der Waals surface area contributed by atoms with Crippen LogP contribution in [0.15, 0.2) is 30.3 Å². The Morgan fingerprint density at radius 1 is 1.12 bits per heavy atom. The molecule has 0 aliphatic carbocycles. The third kappa shape index (κ3) is 6.16. The molecule has 1 heterocycles. The van der Waals surface area contributed by atoms with Gasteiger partial charge in [0.15, 0.2) is 0 Å². The molecule has 1 saturated heterocycles. The van der Waals surface area contributed by atoms with Crippen LogP contribution in [0.4, 0.5) is 0 Å². The van der Waals surface area contributed by atoms with Crippen LogP contribution in [0, 0.1) is 11.8 Å². The summed E-state index contributed by atoms with van der Waals surface area (Å²) in [6.45, 7) is 8.38. The Bertz CT molecular complexity index is 553. The molecular weight excluding hydrogens is 316 g/mol. The van der Waals surface area contributed by atoms with E-state index in [0.29, 0.717) is 45.1 Å². The lowest BCUT2D eigenvalue weighted by molar-refractivity contribution is -0.141. The van der Waals surface area contributed by atoms with Gasteiger partial charge in [0.1, 0.15) is 6.04 Å². The SMILES string of the molecule is CC(C)C[C@@H](NC(=O)C(C)Cc1ccccc1)C(=O)N1CCOCC1. The number of nitrogens with zero attached hydrogens (tertiary/aromatic N) is 1. The van der Waals surface area contributed by atoms with Crippen LogP contribution in [-0.2, 0) is 20.7 Å². The van der Waals surface area contributed by atoms with E-state index in [2.05, 4.69) is 19.2 Å². The van der Waals surface area contributed by atoms with Crippen LogP contribution in [0.2, 0.25) is 0 Å². The molecule has 1 fully saturated rings. The minimum atomic E-state index is -0.455. The second-order valence-electron chi connectivity index (χ2n) is 7.22. The van der Waals surface area contributed by atoms with Crippen LogP contribution in [0.25, 0.3) is 0 Å². The van der Waals surface area contributed by atoms with Gasteiger partial charge in [0.25, 0.3) is 0 Å². The van der Waals surface area contributed by atoms with Crippen LogP contribution in [0.5, 0.6) is 0 Å². The van der Waals surface area contributed by atoms with E-state index < -0.39 is 6.04 Å². The largest absolute Gasteiger partial charge is 0.378 e. The van der Waals surface area contributed by atoms with Gasteiger partial charge in [0.05, 0.1) is 13.2 Å². The number of hydrogen-bond donors (Lipinski definition) is 1. The first-order valence-corrected chi connectivity index (χ1v) is 9.18. The molecule has 0 spiro atoms. The number of hydrogen-bond acceptors (Lipinski definition) is 3. The van der Waals surface area contributed by atoms with E-state index in [-0.39, 0.29) is 17.7 Å². The maximum Gasteiger partial charge on any atom is 0.245 e. The van der Waals surface area contributed by atoms with Gasteiger partial charge < -0.3 is 15.0 Å². The maximum atomic E-state index is 12.8. The molecule has 25 heavy (non-hydrogen) atoms. The summed E-state index contributed by atoms with van der Waals surface area (Å²) in [5.41, 5.74) is 1.13. The van der Waals surface area contributed by atoms with Crippen molar-refractivity contribution < 1.29 is 14.3 Å². The zero-order chi connectivity index (χ0) is 18.2. The lowest BCUT2D eigenvalue weighted by Crippen LogP contribution is -2.53. The fraction of sp³-hybridized carbons (Fsp3) is 0.600. The van der Waals surface area contributed by atoms with E-state index in [9.17, 15) is 9.59 Å². The van der Waals surface area contributed by atoms with E-state index >= 15 is 0 Å². The molecule has 1 aromatic carbocycles. The van der Waals surface area contributed by atoms with Crippen molar-refractivity contribution in [3.05, 3.63) is 35.9 Å². The summed E-state index contributed by atoms with van der Waals surface area (Å²) >= 11 is 0. The molecule has 2 atom stereocenters. The van der Waals surface area contributed by atoms with Crippen molar-refractivity contribution in [1.29, 1.82) is 0 Å². The Labute approximate surface area is 150 Å². The number of morpholine rings is 1. The number of ether oxygens (including phenoxy) is 1. The number of carbonyl (C=O) groups is 2. The zero-order valence-electron chi connectivity index (χ0n) is 15.5. The van der Waals surface area contributed by atoms with Crippen molar-refractivity contribution in [3.63, 3.8) is 0 Å². The second kappa shape index (κ2) is 9.56. The summed E-state index contributed by atoms with van der Waals surface area (Å²) in [4.78, 5) is 27.2. The van der Waals surface area contributed by atoms with Crippen LogP contribution in [-0.4, -0.2) is 49.1 Å². The molecule has 0 bridgehead atoms. The Morgan fingerprint density at radius 3 is 2.36 bits per heavy atom. The summed E-state index contributed by atoms with van der Waals surface area (Å²) in [5.74, 6) is 0.114. The minimum Gasteiger partial charge on any atom is -0.378 e. The second-order valence-corrected chi connectivity index (χ2v) is 7.22. The van der Waals surface area contributed by atoms with Gasteiger partial charge in [0, 0.05) is 19.0 Å². The quantitative estimate of drug-likeness (QED) is 0.824. The number of carbonyl (C=O) groups excluding carboxylic acids is 2. The van der Waals surface area contributed by atoms with Gasteiger partial charge in [-0.2, -0.15) is 0 Å². The van der Waals surface area contributed by atoms with Crippen LogP contribution >= 0.6 is 0 Å². The van der Waals surface area contributed by atoms with Gasteiger partial charge in [-0.1, -0.05) is 51.1 Å². The van der Waals surface area contributed by atoms with Crippen LogP contribution in [0.3, 0.4) is 0 Å². The number of rotatable bonds is 7. The van der Waals surface area contributed by atoms with E-state index in [1.807, 2.05) is 37.3 Å². The molecular formula is C20H30N2O3. The summed E-state index contributed by atoms with van der Waals surface area (Å²) in [7, 11) is 0. The molecule has 1 unspecified atom stereocenters. The molecule has 5 nitrogen and oxygen atoms in total. The Morgan fingerprint density at radius 2 is 1.76 bits per heavy atom. The van der Waals surface area contributed by atoms with Crippen molar-refractivity contribution in [1.82, 2.24) is 10.2 Å². The Balaban J connectivity index is 1.97. The highest BCUT2D eigenvalue weighted by Gasteiger charge is 2.29. The van der Waals surface area contributed by atoms with Gasteiger partial charge in [-0.05, 0) is 24.3 Å². The molecule has 1 N–H and O–H groups in total. The van der Waals surface area contributed by atoms with Crippen molar-refractivity contribution in [2.24, 2.45) is 11.8 Å². The first-order chi connectivity index (χ1) is 12.0. The number of nitrogens with one attached hydrogen (secondary N) is 1. The summed E-state index contributed by atoms with van der Waals surface area (Å²) < 4.78 is 5.32. The average molecular weight is 346 g/mol. The van der Waals surface area contributed by atoms with Crippen molar-refractivity contribution >= 4 is 11.8 Å². The highest BCUT2D eigenvalue weighted by molar-refractivity contribution is 5.88. The van der Waals surface area contributed by atoms with E-state index in [1.54, 1.807) is 4.90 Å². The molecule has 5 heteroatoms. The Hall–Kier alpha value is -1.88. The predicted molar refractivity (Wildman–Crippen MR) is 98.1 cm³/mol. The molecule has 1 aromatic rings. The average Bonchev–Trinajstić information content (AvgIpc) is 2.61. The zero-order valence-corrected chi connectivity index (χ0v) is 15.5. The van der Waals surface area contributed by atoms with Crippen LogP contribution in [0.1, 0.15) is 32.8 Å². The standard InChI is InChI=1S/C20H30N2O3/c1-15(2)13-18(20(24)22-9-11-25-12-10-22)21-19(23)16(3)14-17-7-5-4-6-8-17/h4-8,15-16,18H,9-14H2,1-3H3,(H,21,23)/t16?,18-/m1/s1. The minimum absolute atomic E-state index is 0.0114. The fourth-order valence-corrected chi connectivity index (χ4v) is 3.07. The van der Waals surface area contributed by atoms with Crippen molar-refractivity contribution in [2.75, 3.05) is 26.3 Å². The molecule has 2 amide bonds. The first-order valence-electron chi connectivity index (χ1n) is 9.18. The number of amides is 2. The predicted octanol–water partition coefficient (Wildman–Crippen LogP) is 2.25. The summed E-state index contributed by atoms with van der Waals surface area (Å²) in [6.07, 6.45) is 1.33. The van der Waals surface area contributed by atoms with Crippen molar-refractivity contribution in [3.8, 4) is 0 Å². The first kappa shape index (κ1) is 19.4. The molecule has 0 saturated carbocycles. The third-order valence-electron chi connectivity index (χ3n) is 4.48. The highest BCUT2D eigenvalue weighted by atomic mass is 16.5. The highest BCUT2D eigenvalue weighted by Crippen LogP contribution is 2.13. The van der Waals surface area contributed by atoms with Crippen molar-refractivity contribution in [2.45, 2.75) is 39.7 Å². The molecule has 1 aliphatic heterocycles. The van der Waals surface area contributed by atoms with E-state index in [4.69, 9.17) is 4.74 Å². The normalized spacial score (nSPS) is 17.2. The maximum absolute atomic E-state index is 12.8. The fourth-order valence-electron chi connectivity index (χ4n) is 3.07. The van der Waals surface area contributed by atoms with Gasteiger partial charge in [0.2, 0.25) is 11.8 Å². The van der Waals surface area contributed by atoms with Gasteiger partial charge in [-0.15, -0.1) is 0 Å². The molecule has 0 radical (unpaired) electrons. The third-order valence-corrected chi connectivity index (χ3v) is 4.48. The van der Waals surface area contributed by atoms with E-state index in [0.717, 1.165) is 5.56 Å². The van der Waals surface area contributed by atoms with Gasteiger partial charge in [-0.3, -0.25) is 9.59 Å².